The first kappa shape index (κ1) is 16.7. The van der Waals surface area contributed by atoms with Gasteiger partial charge in [-0.1, -0.05) is 32.9 Å². The van der Waals surface area contributed by atoms with Gasteiger partial charge in [-0.05, 0) is 56.8 Å². The van der Waals surface area contributed by atoms with Crippen LogP contribution in [0, 0.1) is 29.1 Å². The molecule has 2 aliphatic rings. The smallest absolute Gasteiger partial charge is 0.136 e. The Morgan fingerprint density at radius 1 is 1.29 bits per heavy atom. The molecule has 2 fully saturated rings. The zero-order chi connectivity index (χ0) is 15.8. The minimum atomic E-state index is -0.668. The number of aliphatic hydroxyl groups is 1. The second kappa shape index (κ2) is 5.87. The first-order chi connectivity index (χ1) is 9.66. The first-order valence-corrected chi connectivity index (χ1v) is 8.59. The van der Waals surface area contributed by atoms with Gasteiger partial charge in [-0.2, -0.15) is 0 Å². The number of Topliss-reactive ketones (excluding diaryl/α,β-unsaturated/α-hetero) is 1. The van der Waals surface area contributed by atoms with Crippen molar-refractivity contribution in [2.75, 3.05) is 0 Å². The molecule has 2 unspecified atom stereocenters. The Morgan fingerprint density at radius 3 is 2.57 bits per heavy atom. The number of fused-ring (bicyclic) bond motifs is 1. The van der Waals surface area contributed by atoms with Gasteiger partial charge >= 0.3 is 0 Å². The van der Waals surface area contributed by atoms with Gasteiger partial charge in [-0.25, -0.2) is 0 Å². The van der Waals surface area contributed by atoms with Crippen molar-refractivity contribution >= 4 is 5.78 Å². The van der Waals surface area contributed by atoms with Crippen LogP contribution >= 0.6 is 0 Å². The summed E-state index contributed by atoms with van der Waals surface area (Å²) in [5.41, 5.74) is -0.462. The fourth-order valence-corrected chi connectivity index (χ4v) is 4.55. The first-order valence-electron chi connectivity index (χ1n) is 8.59. The average molecular weight is 292 g/mol. The van der Waals surface area contributed by atoms with Gasteiger partial charge in [0, 0.05) is 18.3 Å². The standard InChI is InChI=1S/C19H32O2/c1-13(8-9-14(2)18(3,4)21)15-10-11-16-17(20)7-6-12-19(15,16)5/h8-9,13-16,21H,6-7,10-12H2,1-5H3/b9-8+/t13-,14+,15?,16+,19?/m1/s1. The Labute approximate surface area is 130 Å². The number of ketones is 1. The molecule has 5 atom stereocenters. The van der Waals surface area contributed by atoms with E-state index in [0.29, 0.717) is 23.5 Å². The highest BCUT2D eigenvalue weighted by molar-refractivity contribution is 5.83. The summed E-state index contributed by atoms with van der Waals surface area (Å²) < 4.78 is 0. The van der Waals surface area contributed by atoms with E-state index in [-0.39, 0.29) is 11.3 Å². The Hall–Kier alpha value is -0.630. The molecule has 0 heterocycles. The summed E-state index contributed by atoms with van der Waals surface area (Å²) in [5, 5.41) is 10.0. The summed E-state index contributed by atoms with van der Waals surface area (Å²) >= 11 is 0. The summed E-state index contributed by atoms with van der Waals surface area (Å²) in [6.07, 6.45) is 9.76. The van der Waals surface area contributed by atoms with Crippen molar-refractivity contribution in [2.45, 2.75) is 72.3 Å². The molecular weight excluding hydrogens is 260 g/mol. The normalized spacial score (nSPS) is 36.8. The lowest BCUT2D eigenvalue weighted by Gasteiger charge is -2.41. The van der Waals surface area contributed by atoms with Crippen LogP contribution in [0.2, 0.25) is 0 Å². The maximum absolute atomic E-state index is 12.2. The molecule has 2 saturated carbocycles. The average Bonchev–Trinajstić information content (AvgIpc) is 2.73. The highest BCUT2D eigenvalue weighted by Gasteiger charge is 2.51. The molecule has 0 radical (unpaired) electrons. The van der Waals surface area contributed by atoms with Crippen molar-refractivity contribution in [3.05, 3.63) is 12.2 Å². The van der Waals surface area contributed by atoms with Gasteiger partial charge in [-0.3, -0.25) is 4.79 Å². The van der Waals surface area contributed by atoms with Crippen LogP contribution in [0.1, 0.15) is 66.7 Å². The molecule has 2 nitrogen and oxygen atoms in total. The third-order valence-corrected chi connectivity index (χ3v) is 6.39. The molecule has 2 heteroatoms. The lowest BCUT2D eigenvalue weighted by molar-refractivity contribution is -0.129. The van der Waals surface area contributed by atoms with Crippen molar-refractivity contribution < 1.29 is 9.90 Å². The summed E-state index contributed by atoms with van der Waals surface area (Å²) in [7, 11) is 0. The Kier molecular flexibility index (Phi) is 4.68. The second-order valence-electron chi connectivity index (χ2n) is 8.25. The summed E-state index contributed by atoms with van der Waals surface area (Å²) in [5.74, 6) is 2.05. The molecule has 0 aromatic heterocycles. The van der Waals surface area contributed by atoms with Gasteiger partial charge in [0.25, 0.3) is 0 Å². The minimum absolute atomic E-state index is 0.151. The van der Waals surface area contributed by atoms with E-state index in [2.05, 4.69) is 32.9 Å². The minimum Gasteiger partial charge on any atom is -0.390 e. The second-order valence-corrected chi connectivity index (χ2v) is 8.25. The molecule has 1 N–H and O–H groups in total. The van der Waals surface area contributed by atoms with Gasteiger partial charge < -0.3 is 5.11 Å². The Balaban J connectivity index is 2.08. The van der Waals surface area contributed by atoms with E-state index in [1.807, 2.05) is 13.8 Å². The fourth-order valence-electron chi connectivity index (χ4n) is 4.55. The molecule has 2 rings (SSSR count). The van der Waals surface area contributed by atoms with Gasteiger partial charge in [0.1, 0.15) is 5.78 Å². The number of hydrogen-bond donors (Lipinski definition) is 1. The van der Waals surface area contributed by atoms with E-state index in [9.17, 15) is 9.90 Å². The maximum atomic E-state index is 12.2. The fraction of sp³-hybridized carbons (Fsp3) is 0.842. The van der Waals surface area contributed by atoms with Crippen LogP contribution in [0.5, 0.6) is 0 Å². The van der Waals surface area contributed by atoms with Gasteiger partial charge in [-0.15, -0.1) is 0 Å². The highest BCUT2D eigenvalue weighted by Crippen LogP contribution is 2.56. The van der Waals surface area contributed by atoms with Crippen LogP contribution in [0.3, 0.4) is 0 Å². The van der Waals surface area contributed by atoms with E-state index in [0.717, 1.165) is 19.3 Å². The Morgan fingerprint density at radius 2 is 1.95 bits per heavy atom. The highest BCUT2D eigenvalue weighted by atomic mass is 16.3. The third-order valence-electron chi connectivity index (χ3n) is 6.39. The number of carbonyl (C=O) groups excluding carboxylic acids is 1. The molecule has 0 aromatic rings. The molecule has 0 aliphatic heterocycles. The Bertz CT molecular complexity index is 418. The van der Waals surface area contributed by atoms with E-state index in [1.54, 1.807) is 0 Å². The van der Waals surface area contributed by atoms with Crippen LogP contribution in [0.4, 0.5) is 0 Å². The van der Waals surface area contributed by atoms with Crippen molar-refractivity contribution in [2.24, 2.45) is 29.1 Å². The SMILES string of the molecule is C[C@H](/C=C/[C@H](C)C(C)(C)O)C1CC[C@H]2C(=O)CCCC12C. The van der Waals surface area contributed by atoms with E-state index >= 15 is 0 Å². The molecule has 0 aromatic carbocycles. The zero-order valence-electron chi connectivity index (χ0n) is 14.4. The van der Waals surface area contributed by atoms with E-state index in [4.69, 9.17) is 0 Å². The molecule has 120 valence electrons. The molecule has 0 spiro atoms. The summed E-state index contributed by atoms with van der Waals surface area (Å²) in [6.45, 7) is 10.4. The van der Waals surface area contributed by atoms with Crippen LogP contribution in [0.25, 0.3) is 0 Å². The summed E-state index contributed by atoms with van der Waals surface area (Å²) in [6, 6.07) is 0. The largest absolute Gasteiger partial charge is 0.390 e. The summed E-state index contributed by atoms with van der Waals surface area (Å²) in [4.78, 5) is 12.2. The number of carbonyl (C=O) groups is 1. The maximum Gasteiger partial charge on any atom is 0.136 e. The zero-order valence-corrected chi connectivity index (χ0v) is 14.4. The van der Waals surface area contributed by atoms with E-state index < -0.39 is 5.60 Å². The number of allylic oxidation sites excluding steroid dienone is 1. The van der Waals surface area contributed by atoms with Crippen molar-refractivity contribution in [3.8, 4) is 0 Å². The lowest BCUT2D eigenvalue weighted by atomic mass is 9.62. The van der Waals surface area contributed by atoms with Gasteiger partial charge in [0.2, 0.25) is 0 Å². The van der Waals surface area contributed by atoms with Gasteiger partial charge in [0.15, 0.2) is 0 Å². The molecule has 2 aliphatic carbocycles. The molecule has 0 amide bonds. The molecule has 0 bridgehead atoms. The van der Waals surface area contributed by atoms with Crippen LogP contribution in [0.15, 0.2) is 12.2 Å². The lowest BCUT2D eigenvalue weighted by Crippen LogP contribution is -2.39. The van der Waals surface area contributed by atoms with Crippen molar-refractivity contribution in [1.82, 2.24) is 0 Å². The van der Waals surface area contributed by atoms with Crippen molar-refractivity contribution in [1.29, 1.82) is 0 Å². The monoisotopic (exact) mass is 292 g/mol. The number of hydrogen-bond acceptors (Lipinski definition) is 2. The third kappa shape index (κ3) is 3.26. The predicted octanol–water partition coefficient (Wildman–Crippen LogP) is 4.37. The van der Waals surface area contributed by atoms with E-state index in [1.165, 1.54) is 12.8 Å². The van der Waals surface area contributed by atoms with Crippen LogP contribution < -0.4 is 0 Å². The molecule has 0 saturated heterocycles. The molecular formula is C19H32O2. The van der Waals surface area contributed by atoms with Crippen LogP contribution in [-0.4, -0.2) is 16.5 Å². The molecule has 21 heavy (non-hydrogen) atoms. The van der Waals surface area contributed by atoms with Crippen LogP contribution in [-0.2, 0) is 4.79 Å². The van der Waals surface area contributed by atoms with Crippen molar-refractivity contribution in [3.63, 3.8) is 0 Å². The topological polar surface area (TPSA) is 37.3 Å². The number of rotatable bonds is 4. The predicted molar refractivity (Wildman–Crippen MR) is 86.9 cm³/mol. The van der Waals surface area contributed by atoms with Gasteiger partial charge in [0.05, 0.1) is 5.60 Å². The quantitative estimate of drug-likeness (QED) is 0.781.